The van der Waals surface area contributed by atoms with Crippen LogP contribution in [0.25, 0.3) is 5.65 Å². The van der Waals surface area contributed by atoms with E-state index < -0.39 is 5.97 Å². The quantitative estimate of drug-likeness (QED) is 0.801. The van der Waals surface area contributed by atoms with Crippen molar-refractivity contribution >= 4 is 17.5 Å². The number of hydrogen-bond donors (Lipinski definition) is 0. The molecule has 3 heterocycles. The normalized spacial score (nSPS) is 17.9. The number of esters is 1. The molecular formula is C17H22N4O3. The molecule has 2 aromatic heterocycles. The number of carbonyl (C=O) groups excluding carboxylic acids is 2. The third kappa shape index (κ3) is 3.11. The van der Waals surface area contributed by atoms with Crippen LogP contribution in [0.4, 0.5) is 0 Å². The van der Waals surface area contributed by atoms with Crippen LogP contribution < -0.4 is 0 Å². The largest absolute Gasteiger partial charge is 0.452 e. The first-order valence-corrected chi connectivity index (χ1v) is 8.38. The monoisotopic (exact) mass is 330 g/mol. The van der Waals surface area contributed by atoms with E-state index >= 15 is 0 Å². The van der Waals surface area contributed by atoms with Gasteiger partial charge in [0.15, 0.2) is 12.3 Å². The van der Waals surface area contributed by atoms with Crippen LogP contribution in [-0.4, -0.2) is 50.6 Å². The molecule has 1 atom stereocenters. The van der Waals surface area contributed by atoms with E-state index in [0.29, 0.717) is 16.9 Å². The van der Waals surface area contributed by atoms with E-state index in [1.807, 2.05) is 4.90 Å². The zero-order valence-electron chi connectivity index (χ0n) is 14.1. The molecule has 24 heavy (non-hydrogen) atoms. The average molecular weight is 330 g/mol. The molecule has 128 valence electrons. The standard InChI is InChI=1S/C17H22N4O3/c1-3-13-7-4-5-9-20(13)14(22)11-24-17(23)15-12(2)19-21-10-6-8-18-16(15)21/h6,8,10,13H,3-5,7,9,11H2,1-2H3. The van der Waals surface area contributed by atoms with Crippen molar-refractivity contribution in [3.8, 4) is 0 Å². The summed E-state index contributed by atoms with van der Waals surface area (Å²) in [5, 5.41) is 4.23. The summed E-state index contributed by atoms with van der Waals surface area (Å²) in [6, 6.07) is 1.99. The molecule has 1 fully saturated rings. The second-order valence-corrected chi connectivity index (χ2v) is 6.07. The van der Waals surface area contributed by atoms with Gasteiger partial charge in [0.1, 0.15) is 5.56 Å². The van der Waals surface area contributed by atoms with Crippen molar-refractivity contribution in [2.45, 2.75) is 45.6 Å². The molecule has 2 aromatic rings. The summed E-state index contributed by atoms with van der Waals surface area (Å²) in [4.78, 5) is 30.8. The Morgan fingerprint density at radius 3 is 3.00 bits per heavy atom. The topological polar surface area (TPSA) is 76.8 Å². The van der Waals surface area contributed by atoms with Gasteiger partial charge in [-0.05, 0) is 38.7 Å². The van der Waals surface area contributed by atoms with Crippen LogP contribution in [0.1, 0.15) is 48.7 Å². The highest BCUT2D eigenvalue weighted by atomic mass is 16.5. The SMILES string of the molecule is CCC1CCCCN1C(=O)COC(=O)c1c(C)nn2cccnc12. The third-order valence-corrected chi connectivity index (χ3v) is 4.52. The Labute approximate surface area is 140 Å². The van der Waals surface area contributed by atoms with Gasteiger partial charge in [-0.2, -0.15) is 5.10 Å². The van der Waals surface area contributed by atoms with E-state index in [1.54, 1.807) is 25.4 Å². The summed E-state index contributed by atoms with van der Waals surface area (Å²) in [6.45, 7) is 4.31. The lowest BCUT2D eigenvalue weighted by Crippen LogP contribution is -2.45. The lowest BCUT2D eigenvalue weighted by molar-refractivity contribution is -0.138. The fourth-order valence-electron chi connectivity index (χ4n) is 3.27. The Morgan fingerprint density at radius 2 is 2.21 bits per heavy atom. The van der Waals surface area contributed by atoms with Crippen molar-refractivity contribution < 1.29 is 14.3 Å². The van der Waals surface area contributed by atoms with Crippen LogP contribution in [0.15, 0.2) is 18.5 Å². The Kier molecular flexibility index (Phi) is 4.78. The summed E-state index contributed by atoms with van der Waals surface area (Å²) in [6.07, 6.45) is 7.42. The fraction of sp³-hybridized carbons (Fsp3) is 0.529. The van der Waals surface area contributed by atoms with Crippen molar-refractivity contribution in [1.82, 2.24) is 19.5 Å². The van der Waals surface area contributed by atoms with Crippen LogP contribution in [0.3, 0.4) is 0 Å². The highest BCUT2D eigenvalue weighted by Crippen LogP contribution is 2.20. The summed E-state index contributed by atoms with van der Waals surface area (Å²) in [5.41, 5.74) is 1.29. The first kappa shape index (κ1) is 16.4. The first-order chi connectivity index (χ1) is 11.6. The van der Waals surface area contributed by atoms with E-state index in [4.69, 9.17) is 4.74 Å². The summed E-state index contributed by atoms with van der Waals surface area (Å²) < 4.78 is 6.79. The second kappa shape index (κ2) is 6.98. The molecule has 7 heteroatoms. The molecule has 0 N–H and O–H groups in total. The van der Waals surface area contributed by atoms with Gasteiger partial charge in [-0.1, -0.05) is 6.92 Å². The highest BCUT2D eigenvalue weighted by molar-refractivity contribution is 5.98. The van der Waals surface area contributed by atoms with Crippen molar-refractivity contribution in [2.75, 3.05) is 13.2 Å². The Bertz CT molecular complexity index is 755. The van der Waals surface area contributed by atoms with Gasteiger partial charge in [0.25, 0.3) is 5.91 Å². The molecule has 0 aliphatic carbocycles. The molecule has 3 rings (SSSR count). The van der Waals surface area contributed by atoms with Gasteiger partial charge in [-0.25, -0.2) is 14.3 Å². The Hall–Kier alpha value is -2.44. The predicted molar refractivity (Wildman–Crippen MR) is 87.6 cm³/mol. The molecule has 7 nitrogen and oxygen atoms in total. The van der Waals surface area contributed by atoms with Gasteiger partial charge >= 0.3 is 5.97 Å². The minimum absolute atomic E-state index is 0.128. The minimum Gasteiger partial charge on any atom is -0.452 e. The molecule has 1 aliphatic heterocycles. The van der Waals surface area contributed by atoms with Crippen LogP contribution in [0, 0.1) is 6.92 Å². The molecule has 0 spiro atoms. The smallest absolute Gasteiger partial charge is 0.344 e. The van der Waals surface area contributed by atoms with Crippen LogP contribution >= 0.6 is 0 Å². The minimum atomic E-state index is -0.556. The number of aromatic nitrogens is 3. The number of piperidine rings is 1. The maximum atomic E-state index is 12.4. The maximum absolute atomic E-state index is 12.4. The van der Waals surface area contributed by atoms with Gasteiger partial charge in [-0.3, -0.25) is 4.79 Å². The number of ether oxygens (including phenoxy) is 1. The zero-order chi connectivity index (χ0) is 17.1. The molecule has 0 bridgehead atoms. The molecule has 1 aliphatic rings. The van der Waals surface area contributed by atoms with E-state index in [-0.39, 0.29) is 18.6 Å². The molecule has 1 unspecified atom stereocenters. The number of carbonyl (C=O) groups is 2. The van der Waals surface area contributed by atoms with Crippen LogP contribution in [0.5, 0.6) is 0 Å². The molecular weight excluding hydrogens is 308 g/mol. The Balaban J connectivity index is 1.68. The summed E-state index contributed by atoms with van der Waals surface area (Å²) >= 11 is 0. The predicted octanol–water partition coefficient (Wildman–Crippen LogP) is 1.99. The van der Waals surface area contributed by atoms with E-state index in [9.17, 15) is 9.59 Å². The van der Waals surface area contributed by atoms with Gasteiger partial charge in [0.2, 0.25) is 0 Å². The zero-order valence-corrected chi connectivity index (χ0v) is 14.1. The summed E-state index contributed by atoms with van der Waals surface area (Å²) in [7, 11) is 0. The van der Waals surface area contributed by atoms with Crippen molar-refractivity contribution in [2.24, 2.45) is 0 Å². The number of hydrogen-bond acceptors (Lipinski definition) is 5. The number of likely N-dealkylation sites (tertiary alicyclic amines) is 1. The van der Waals surface area contributed by atoms with Crippen molar-refractivity contribution in [1.29, 1.82) is 0 Å². The van der Waals surface area contributed by atoms with Crippen LogP contribution in [0.2, 0.25) is 0 Å². The molecule has 0 saturated carbocycles. The number of amides is 1. The van der Waals surface area contributed by atoms with E-state index in [2.05, 4.69) is 17.0 Å². The number of fused-ring (bicyclic) bond motifs is 1. The van der Waals surface area contributed by atoms with Gasteiger partial charge in [-0.15, -0.1) is 0 Å². The van der Waals surface area contributed by atoms with Crippen molar-refractivity contribution in [3.05, 3.63) is 29.7 Å². The van der Waals surface area contributed by atoms with Gasteiger partial charge in [0.05, 0.1) is 5.69 Å². The molecule has 0 radical (unpaired) electrons. The lowest BCUT2D eigenvalue weighted by Gasteiger charge is -2.35. The van der Waals surface area contributed by atoms with E-state index in [0.717, 1.165) is 32.2 Å². The van der Waals surface area contributed by atoms with Crippen LogP contribution in [-0.2, 0) is 9.53 Å². The first-order valence-electron chi connectivity index (χ1n) is 8.38. The van der Waals surface area contributed by atoms with Gasteiger partial charge in [0, 0.05) is 25.0 Å². The maximum Gasteiger partial charge on any atom is 0.344 e. The third-order valence-electron chi connectivity index (χ3n) is 4.52. The molecule has 1 saturated heterocycles. The number of rotatable bonds is 4. The Morgan fingerprint density at radius 1 is 1.38 bits per heavy atom. The number of nitrogens with zero attached hydrogens (tertiary/aromatic N) is 4. The average Bonchev–Trinajstić information content (AvgIpc) is 2.95. The fourth-order valence-corrected chi connectivity index (χ4v) is 3.27. The number of aryl methyl sites for hydroxylation is 1. The molecule has 0 aromatic carbocycles. The lowest BCUT2D eigenvalue weighted by atomic mass is 10.00. The molecule has 1 amide bonds. The van der Waals surface area contributed by atoms with Crippen molar-refractivity contribution in [3.63, 3.8) is 0 Å². The van der Waals surface area contributed by atoms with E-state index in [1.165, 1.54) is 4.52 Å². The second-order valence-electron chi connectivity index (χ2n) is 6.07. The summed E-state index contributed by atoms with van der Waals surface area (Å²) in [5.74, 6) is -0.684. The van der Waals surface area contributed by atoms with Gasteiger partial charge < -0.3 is 9.64 Å². The highest BCUT2D eigenvalue weighted by Gasteiger charge is 2.27.